The van der Waals surface area contributed by atoms with Crippen LogP contribution in [0.15, 0.2) is 72.9 Å². The lowest BCUT2D eigenvalue weighted by Crippen LogP contribution is -2.30. The van der Waals surface area contributed by atoms with Crippen LogP contribution in [0.4, 0.5) is 0 Å². The van der Waals surface area contributed by atoms with Gasteiger partial charge in [0.05, 0.1) is 0 Å². The maximum Gasteiger partial charge on any atom is 0.306 e. The molecule has 0 aromatic rings. The second kappa shape index (κ2) is 55.4. The summed E-state index contributed by atoms with van der Waals surface area (Å²) in [5, 5.41) is 0. The van der Waals surface area contributed by atoms with E-state index in [0.717, 1.165) is 103 Å². The van der Waals surface area contributed by atoms with Gasteiger partial charge in [-0.3, -0.25) is 14.4 Å². The minimum Gasteiger partial charge on any atom is -0.462 e. The van der Waals surface area contributed by atoms with Crippen LogP contribution in [0.25, 0.3) is 0 Å². The van der Waals surface area contributed by atoms with Crippen molar-refractivity contribution < 1.29 is 28.6 Å². The van der Waals surface area contributed by atoms with Crippen LogP contribution >= 0.6 is 0 Å². The normalized spacial score (nSPS) is 12.6. The van der Waals surface area contributed by atoms with Crippen molar-refractivity contribution in [2.45, 2.75) is 284 Å². The Hall–Kier alpha value is -3.15. The molecule has 0 radical (unpaired) electrons. The van der Waals surface area contributed by atoms with Crippen LogP contribution in [0.5, 0.6) is 0 Å². The summed E-state index contributed by atoms with van der Waals surface area (Å²) in [6.45, 7) is 6.44. The van der Waals surface area contributed by atoms with E-state index in [4.69, 9.17) is 14.2 Å². The summed E-state index contributed by atoms with van der Waals surface area (Å²) in [5.41, 5.74) is 0. The van der Waals surface area contributed by atoms with Gasteiger partial charge in [-0.2, -0.15) is 0 Å². The van der Waals surface area contributed by atoms with E-state index in [0.29, 0.717) is 19.3 Å². The van der Waals surface area contributed by atoms with Crippen LogP contribution in [0.2, 0.25) is 0 Å². The second-order valence-electron chi connectivity index (χ2n) is 18.8. The predicted octanol–water partition coefficient (Wildman–Crippen LogP) is 19.0. The van der Waals surface area contributed by atoms with E-state index < -0.39 is 6.10 Å². The number of hydrogen-bond donors (Lipinski definition) is 0. The zero-order valence-electron chi connectivity index (χ0n) is 44.2. The van der Waals surface area contributed by atoms with Crippen molar-refractivity contribution in [2.24, 2.45) is 0 Å². The first-order valence-corrected chi connectivity index (χ1v) is 28.4. The van der Waals surface area contributed by atoms with Crippen molar-refractivity contribution in [3.63, 3.8) is 0 Å². The summed E-state index contributed by atoms with van der Waals surface area (Å²) in [6.07, 6.45) is 71.0. The highest BCUT2D eigenvalue weighted by Crippen LogP contribution is 2.16. The van der Waals surface area contributed by atoms with E-state index in [1.165, 1.54) is 135 Å². The van der Waals surface area contributed by atoms with Crippen molar-refractivity contribution in [3.8, 4) is 0 Å². The lowest BCUT2D eigenvalue weighted by Gasteiger charge is -2.18. The van der Waals surface area contributed by atoms with E-state index in [-0.39, 0.29) is 31.1 Å². The predicted molar refractivity (Wildman–Crippen MR) is 288 cm³/mol. The van der Waals surface area contributed by atoms with Gasteiger partial charge < -0.3 is 14.2 Å². The highest BCUT2D eigenvalue weighted by molar-refractivity contribution is 5.71. The summed E-state index contributed by atoms with van der Waals surface area (Å²) in [4.78, 5) is 37.6. The molecule has 0 aliphatic heterocycles. The minimum absolute atomic E-state index is 0.0717. The minimum atomic E-state index is -0.766. The number of allylic oxidation sites excluding steroid dienone is 12. The Kier molecular flexibility index (Phi) is 52.8. The molecule has 0 rings (SSSR count). The van der Waals surface area contributed by atoms with E-state index in [2.05, 4.69) is 93.7 Å². The molecule has 0 aromatic carbocycles. The molecule has 0 saturated carbocycles. The fourth-order valence-electron chi connectivity index (χ4n) is 7.98. The first kappa shape index (κ1) is 63.8. The average Bonchev–Trinajstić information content (AvgIpc) is 3.33. The van der Waals surface area contributed by atoms with Crippen molar-refractivity contribution in [1.82, 2.24) is 0 Å². The van der Waals surface area contributed by atoms with Crippen molar-refractivity contribution in [1.29, 1.82) is 0 Å². The Morgan fingerprint density at radius 3 is 0.910 bits per heavy atom. The van der Waals surface area contributed by atoms with Gasteiger partial charge in [0.25, 0.3) is 0 Å². The second-order valence-corrected chi connectivity index (χ2v) is 18.8. The lowest BCUT2D eigenvalue weighted by molar-refractivity contribution is -0.167. The molecular weight excluding hydrogens is 829 g/mol. The van der Waals surface area contributed by atoms with Gasteiger partial charge in [-0.05, 0) is 70.6 Å². The number of carbonyl (C=O) groups excluding carboxylic acids is 3. The van der Waals surface area contributed by atoms with Gasteiger partial charge in [-0.25, -0.2) is 0 Å². The molecule has 0 saturated heterocycles. The largest absolute Gasteiger partial charge is 0.462 e. The summed E-state index contributed by atoms with van der Waals surface area (Å²) < 4.78 is 16.7. The molecule has 0 aliphatic carbocycles. The molecular formula is C61H106O6. The van der Waals surface area contributed by atoms with E-state index in [1.54, 1.807) is 0 Å². The third kappa shape index (κ3) is 53.7. The summed E-state index contributed by atoms with van der Waals surface area (Å²) in [5.74, 6) is -0.880. The number of hydrogen-bond acceptors (Lipinski definition) is 6. The van der Waals surface area contributed by atoms with Crippen LogP contribution in [-0.4, -0.2) is 37.2 Å². The monoisotopic (exact) mass is 935 g/mol. The third-order valence-corrected chi connectivity index (χ3v) is 12.2. The Morgan fingerprint density at radius 2 is 0.582 bits per heavy atom. The van der Waals surface area contributed by atoms with Crippen molar-refractivity contribution in [3.05, 3.63) is 72.9 Å². The van der Waals surface area contributed by atoms with Crippen LogP contribution in [0.1, 0.15) is 278 Å². The first-order valence-electron chi connectivity index (χ1n) is 28.4. The Balaban J connectivity index is 3.92. The van der Waals surface area contributed by atoms with Gasteiger partial charge in [0, 0.05) is 19.3 Å². The van der Waals surface area contributed by atoms with Crippen molar-refractivity contribution in [2.75, 3.05) is 13.2 Å². The van der Waals surface area contributed by atoms with Gasteiger partial charge in [0.1, 0.15) is 13.2 Å². The molecule has 0 fully saturated rings. The molecule has 0 aliphatic rings. The summed E-state index contributed by atoms with van der Waals surface area (Å²) >= 11 is 0. The number of carbonyl (C=O) groups is 3. The molecule has 6 heteroatoms. The molecule has 0 N–H and O–H groups in total. The third-order valence-electron chi connectivity index (χ3n) is 12.2. The molecule has 0 bridgehead atoms. The molecule has 67 heavy (non-hydrogen) atoms. The zero-order chi connectivity index (χ0) is 48.6. The van der Waals surface area contributed by atoms with Crippen LogP contribution in [0.3, 0.4) is 0 Å². The zero-order valence-corrected chi connectivity index (χ0v) is 44.2. The van der Waals surface area contributed by atoms with Gasteiger partial charge in [-0.1, -0.05) is 261 Å². The molecule has 386 valence electrons. The fraction of sp³-hybridized carbons (Fsp3) is 0.754. The molecule has 1 atom stereocenters. The molecule has 0 heterocycles. The van der Waals surface area contributed by atoms with Gasteiger partial charge in [-0.15, -0.1) is 0 Å². The molecule has 0 spiro atoms. The van der Waals surface area contributed by atoms with Crippen LogP contribution in [0, 0.1) is 0 Å². The Labute approximate surface area is 414 Å². The van der Waals surface area contributed by atoms with E-state index in [9.17, 15) is 14.4 Å². The SMILES string of the molecule is CC/C=C\C/C=C\C/C=C\C/C=C\C/C=C\C/C=C\CCCCCCCCCCCCCCCCC(=O)OCC(COC(=O)CCCCCCC)OC(=O)CCCCCCCCCCCCC. The molecule has 6 nitrogen and oxygen atoms in total. The summed E-state index contributed by atoms with van der Waals surface area (Å²) in [6, 6.07) is 0. The van der Waals surface area contributed by atoms with Gasteiger partial charge in [0.2, 0.25) is 0 Å². The van der Waals surface area contributed by atoms with Crippen LogP contribution < -0.4 is 0 Å². The molecule has 1 unspecified atom stereocenters. The van der Waals surface area contributed by atoms with Crippen molar-refractivity contribution >= 4 is 17.9 Å². The lowest BCUT2D eigenvalue weighted by atomic mass is 10.0. The Morgan fingerprint density at radius 1 is 0.313 bits per heavy atom. The standard InChI is InChI=1S/C61H106O6/c1-4-7-10-13-15-17-19-20-21-22-23-24-25-26-27-28-29-30-31-32-33-34-35-36-37-38-39-40-42-43-45-48-51-54-60(63)66-57-58(56-65-59(62)53-50-47-12-9-6-3)67-61(64)55-52-49-46-44-41-18-16-14-11-8-5-2/h7,10,15,17,20-21,23-24,26-27,29-30,58H,4-6,8-9,11-14,16,18-19,22,25,28,31-57H2,1-3H3/b10-7-,17-15-,21-20-,24-23-,27-26-,30-29-. The highest BCUT2D eigenvalue weighted by Gasteiger charge is 2.19. The van der Waals surface area contributed by atoms with Gasteiger partial charge >= 0.3 is 17.9 Å². The topological polar surface area (TPSA) is 78.9 Å². The van der Waals surface area contributed by atoms with E-state index >= 15 is 0 Å². The number of unbranched alkanes of at least 4 members (excludes halogenated alkanes) is 28. The quantitative estimate of drug-likeness (QED) is 0.0262. The summed E-state index contributed by atoms with van der Waals surface area (Å²) in [7, 11) is 0. The number of ether oxygens (including phenoxy) is 3. The fourth-order valence-corrected chi connectivity index (χ4v) is 7.98. The highest BCUT2D eigenvalue weighted by atomic mass is 16.6. The maximum absolute atomic E-state index is 12.7. The Bertz CT molecular complexity index is 1260. The van der Waals surface area contributed by atoms with Crippen LogP contribution in [-0.2, 0) is 28.6 Å². The van der Waals surface area contributed by atoms with E-state index in [1.807, 2.05) is 0 Å². The average molecular weight is 936 g/mol. The smallest absolute Gasteiger partial charge is 0.306 e. The number of esters is 3. The maximum atomic E-state index is 12.7. The number of rotatable bonds is 51. The molecule has 0 amide bonds. The molecule has 0 aromatic heterocycles. The van der Waals surface area contributed by atoms with Gasteiger partial charge in [0.15, 0.2) is 6.10 Å². The first-order chi connectivity index (χ1) is 33.0.